The Balaban J connectivity index is 1.78. The van der Waals surface area contributed by atoms with E-state index in [0.717, 1.165) is 40.4 Å². The van der Waals surface area contributed by atoms with Crippen LogP contribution in [-0.4, -0.2) is 11.9 Å². The number of carbonyl (C=O) groups excluding carboxylic acids is 1. The molecule has 0 aromatic heterocycles. The first-order valence-electron chi connectivity index (χ1n) is 9.98. The van der Waals surface area contributed by atoms with Crippen LogP contribution in [0.2, 0.25) is 0 Å². The second-order valence-corrected chi connectivity index (χ2v) is 8.82. The fourth-order valence-corrected chi connectivity index (χ4v) is 4.15. The zero-order valence-corrected chi connectivity index (χ0v) is 17.0. The maximum atomic E-state index is 13.2. The van der Waals surface area contributed by atoms with E-state index < -0.39 is 0 Å². The molecular formula is C24H28N2O2. The van der Waals surface area contributed by atoms with Gasteiger partial charge in [0.15, 0.2) is 5.78 Å². The van der Waals surface area contributed by atoms with Crippen molar-refractivity contribution in [2.75, 3.05) is 10.6 Å². The Morgan fingerprint density at radius 3 is 2.36 bits per heavy atom. The zero-order valence-electron chi connectivity index (χ0n) is 17.0. The van der Waals surface area contributed by atoms with Crippen LogP contribution >= 0.6 is 0 Å². The quantitative estimate of drug-likeness (QED) is 0.722. The lowest BCUT2D eigenvalue weighted by atomic mass is 9.73. The van der Waals surface area contributed by atoms with E-state index in [0.29, 0.717) is 6.42 Å². The van der Waals surface area contributed by atoms with E-state index in [1.807, 2.05) is 38.1 Å². The highest BCUT2D eigenvalue weighted by Crippen LogP contribution is 2.45. The third-order valence-corrected chi connectivity index (χ3v) is 5.31. The molecule has 1 aliphatic carbocycles. The van der Waals surface area contributed by atoms with Gasteiger partial charge in [0.05, 0.1) is 23.5 Å². The number of para-hydroxylation sites is 2. The summed E-state index contributed by atoms with van der Waals surface area (Å²) in [6.07, 6.45) is 1.56. The molecule has 2 N–H and O–H groups in total. The van der Waals surface area contributed by atoms with Gasteiger partial charge < -0.3 is 15.4 Å². The van der Waals surface area contributed by atoms with Crippen molar-refractivity contribution in [3.05, 3.63) is 65.4 Å². The van der Waals surface area contributed by atoms with E-state index in [1.54, 1.807) is 0 Å². The third kappa shape index (κ3) is 3.64. The van der Waals surface area contributed by atoms with Crippen LogP contribution in [0.15, 0.2) is 59.8 Å². The molecule has 2 aromatic carbocycles. The molecule has 4 heteroatoms. The Labute approximate surface area is 167 Å². The molecule has 2 aromatic rings. The minimum atomic E-state index is -0.178. The summed E-state index contributed by atoms with van der Waals surface area (Å²) in [4.78, 5) is 13.2. The molecule has 0 saturated carbocycles. The zero-order chi connectivity index (χ0) is 19.9. The van der Waals surface area contributed by atoms with E-state index in [1.165, 1.54) is 0 Å². The van der Waals surface area contributed by atoms with Crippen molar-refractivity contribution < 1.29 is 9.53 Å². The minimum Gasteiger partial charge on any atom is -0.491 e. The van der Waals surface area contributed by atoms with Crippen LogP contribution in [0.25, 0.3) is 0 Å². The third-order valence-electron chi connectivity index (χ3n) is 5.31. The first-order valence-corrected chi connectivity index (χ1v) is 9.98. The summed E-state index contributed by atoms with van der Waals surface area (Å²) in [5.74, 6) is 1.06. The first-order chi connectivity index (χ1) is 13.3. The molecule has 0 spiro atoms. The lowest BCUT2D eigenvalue weighted by molar-refractivity contribution is -0.118. The molecule has 0 amide bonds. The van der Waals surface area contributed by atoms with Crippen LogP contribution in [0.4, 0.5) is 11.4 Å². The highest BCUT2D eigenvalue weighted by Gasteiger charge is 2.38. The molecule has 2 aliphatic rings. The standard InChI is InChI=1S/C24H28N2O2/c1-15(2)28-17-11-9-16(10-12-17)23-22-20(13-24(3,4)14-21(22)27)25-18-7-5-6-8-19(18)26-23/h5-12,15,23,25-26H,13-14H2,1-4H3. The van der Waals surface area contributed by atoms with Crippen molar-refractivity contribution in [1.29, 1.82) is 0 Å². The fraction of sp³-hybridized carbons (Fsp3) is 0.375. The van der Waals surface area contributed by atoms with Gasteiger partial charge in [-0.05, 0) is 55.5 Å². The molecule has 0 fully saturated rings. The minimum absolute atomic E-state index is 0.0400. The SMILES string of the molecule is CC(C)Oc1ccc(C2Nc3ccccc3NC3=C2C(=O)CC(C)(C)C3)cc1. The fourth-order valence-electron chi connectivity index (χ4n) is 4.15. The van der Waals surface area contributed by atoms with Crippen molar-refractivity contribution in [1.82, 2.24) is 0 Å². The van der Waals surface area contributed by atoms with E-state index in [4.69, 9.17) is 4.74 Å². The van der Waals surface area contributed by atoms with Gasteiger partial charge in [0.1, 0.15) is 5.75 Å². The van der Waals surface area contributed by atoms with E-state index in [2.05, 4.69) is 48.7 Å². The summed E-state index contributed by atoms with van der Waals surface area (Å²) in [6, 6.07) is 16.0. The number of nitrogens with one attached hydrogen (secondary N) is 2. The summed E-state index contributed by atoms with van der Waals surface area (Å²) in [6.45, 7) is 8.35. The summed E-state index contributed by atoms with van der Waals surface area (Å²) < 4.78 is 5.78. The Hall–Kier alpha value is -2.75. The second-order valence-electron chi connectivity index (χ2n) is 8.82. The second kappa shape index (κ2) is 7.01. The molecule has 1 aliphatic heterocycles. The van der Waals surface area contributed by atoms with Crippen molar-refractivity contribution >= 4 is 17.2 Å². The van der Waals surface area contributed by atoms with E-state index in [-0.39, 0.29) is 23.3 Å². The van der Waals surface area contributed by atoms with Crippen LogP contribution < -0.4 is 15.4 Å². The number of hydrogen-bond acceptors (Lipinski definition) is 4. The summed E-state index contributed by atoms with van der Waals surface area (Å²) in [5.41, 5.74) is 4.94. The van der Waals surface area contributed by atoms with E-state index >= 15 is 0 Å². The number of Topliss-reactive ketones (excluding diaryl/α,β-unsaturated/α-hetero) is 1. The van der Waals surface area contributed by atoms with Crippen LogP contribution in [-0.2, 0) is 4.79 Å². The molecule has 28 heavy (non-hydrogen) atoms. The van der Waals surface area contributed by atoms with Crippen molar-refractivity contribution in [2.45, 2.75) is 52.7 Å². The Morgan fingerprint density at radius 1 is 1.00 bits per heavy atom. The monoisotopic (exact) mass is 376 g/mol. The number of hydrogen-bond donors (Lipinski definition) is 2. The van der Waals surface area contributed by atoms with Gasteiger partial charge in [0, 0.05) is 17.7 Å². The highest BCUT2D eigenvalue weighted by molar-refractivity contribution is 6.01. The number of benzene rings is 2. The Bertz CT molecular complexity index is 926. The number of rotatable bonds is 3. The van der Waals surface area contributed by atoms with Crippen LogP contribution in [0.3, 0.4) is 0 Å². The average Bonchev–Trinajstić information content (AvgIpc) is 2.77. The van der Waals surface area contributed by atoms with Crippen molar-refractivity contribution in [3.8, 4) is 5.75 Å². The summed E-state index contributed by atoms with van der Waals surface area (Å²) in [5, 5.41) is 7.17. The largest absolute Gasteiger partial charge is 0.491 e. The molecule has 1 heterocycles. The van der Waals surface area contributed by atoms with Gasteiger partial charge in [-0.2, -0.15) is 0 Å². The van der Waals surface area contributed by atoms with Crippen LogP contribution in [0.1, 0.15) is 52.1 Å². The molecular weight excluding hydrogens is 348 g/mol. The number of allylic oxidation sites excluding steroid dienone is 1. The molecule has 1 atom stereocenters. The number of ketones is 1. The van der Waals surface area contributed by atoms with E-state index in [9.17, 15) is 4.79 Å². The molecule has 146 valence electrons. The van der Waals surface area contributed by atoms with Gasteiger partial charge >= 0.3 is 0 Å². The predicted molar refractivity (Wildman–Crippen MR) is 114 cm³/mol. The van der Waals surface area contributed by atoms with Gasteiger partial charge in [-0.3, -0.25) is 4.79 Å². The maximum absolute atomic E-state index is 13.2. The molecule has 4 rings (SSSR count). The van der Waals surface area contributed by atoms with Gasteiger partial charge in [-0.1, -0.05) is 38.1 Å². The highest BCUT2D eigenvalue weighted by atomic mass is 16.5. The Kier molecular flexibility index (Phi) is 4.66. The first kappa shape index (κ1) is 18.6. The molecule has 0 saturated heterocycles. The predicted octanol–water partition coefficient (Wildman–Crippen LogP) is 5.70. The number of carbonyl (C=O) groups is 1. The van der Waals surface area contributed by atoms with Crippen molar-refractivity contribution in [3.63, 3.8) is 0 Å². The Morgan fingerprint density at radius 2 is 1.68 bits per heavy atom. The normalized spacial score (nSPS) is 20.6. The van der Waals surface area contributed by atoms with Crippen molar-refractivity contribution in [2.24, 2.45) is 5.41 Å². The summed E-state index contributed by atoms with van der Waals surface area (Å²) in [7, 11) is 0. The number of fused-ring (bicyclic) bond motifs is 1. The van der Waals surface area contributed by atoms with Gasteiger partial charge in [0.2, 0.25) is 0 Å². The van der Waals surface area contributed by atoms with Crippen LogP contribution in [0, 0.1) is 5.41 Å². The number of ether oxygens (including phenoxy) is 1. The lowest BCUT2D eigenvalue weighted by Crippen LogP contribution is -2.31. The molecule has 4 nitrogen and oxygen atoms in total. The van der Waals surface area contributed by atoms with Crippen LogP contribution in [0.5, 0.6) is 5.75 Å². The van der Waals surface area contributed by atoms with Gasteiger partial charge in [-0.15, -0.1) is 0 Å². The smallest absolute Gasteiger partial charge is 0.163 e. The summed E-state index contributed by atoms with van der Waals surface area (Å²) >= 11 is 0. The molecule has 0 bridgehead atoms. The lowest BCUT2D eigenvalue weighted by Gasteiger charge is -2.34. The molecule has 1 unspecified atom stereocenters. The maximum Gasteiger partial charge on any atom is 0.163 e. The number of anilines is 2. The van der Waals surface area contributed by atoms with Gasteiger partial charge in [-0.25, -0.2) is 0 Å². The molecule has 0 radical (unpaired) electrons. The topological polar surface area (TPSA) is 50.4 Å². The average molecular weight is 377 g/mol. The van der Waals surface area contributed by atoms with Gasteiger partial charge in [0.25, 0.3) is 0 Å².